The van der Waals surface area contributed by atoms with Gasteiger partial charge in [-0.25, -0.2) is 0 Å². The van der Waals surface area contributed by atoms with Crippen molar-refractivity contribution in [3.63, 3.8) is 0 Å². The highest BCUT2D eigenvalue weighted by Crippen LogP contribution is 2.30. The fourth-order valence-corrected chi connectivity index (χ4v) is 3.69. The van der Waals surface area contributed by atoms with Crippen LogP contribution in [0, 0.1) is 0 Å². The number of fused-ring (bicyclic) bond motifs is 1. The average molecular weight is 344 g/mol. The zero-order valence-corrected chi connectivity index (χ0v) is 14.5. The molecule has 1 unspecified atom stereocenters. The minimum absolute atomic E-state index is 0.0889. The lowest BCUT2D eigenvalue weighted by Crippen LogP contribution is -2.27. The summed E-state index contributed by atoms with van der Waals surface area (Å²) in [5.74, 6) is 3.00. The van der Waals surface area contributed by atoms with E-state index in [1.54, 1.807) is 19.2 Å². The Morgan fingerprint density at radius 3 is 3.00 bits per heavy atom. The van der Waals surface area contributed by atoms with E-state index in [0.29, 0.717) is 6.54 Å². The number of hydrogen-bond acceptors (Lipinski definition) is 6. The normalized spacial score (nSPS) is 21.1. The summed E-state index contributed by atoms with van der Waals surface area (Å²) in [6, 6.07) is 5.40. The first kappa shape index (κ1) is 16.4. The lowest BCUT2D eigenvalue weighted by molar-refractivity contribution is 0.101. The Labute approximate surface area is 147 Å². The quantitative estimate of drug-likeness (QED) is 0.913. The zero-order chi connectivity index (χ0) is 17.2. The lowest BCUT2D eigenvalue weighted by Gasteiger charge is -2.21. The van der Waals surface area contributed by atoms with Gasteiger partial charge in [-0.05, 0) is 25.0 Å². The summed E-state index contributed by atoms with van der Waals surface area (Å²) in [6.07, 6.45) is 3.05. The van der Waals surface area contributed by atoms with Crippen LogP contribution in [0.25, 0.3) is 0 Å². The monoisotopic (exact) mass is 344 g/mol. The summed E-state index contributed by atoms with van der Waals surface area (Å²) in [7, 11) is 1.63. The summed E-state index contributed by atoms with van der Waals surface area (Å²) >= 11 is 0. The average Bonchev–Trinajstić information content (AvgIpc) is 3.24. The molecule has 1 aromatic heterocycles. The molecule has 1 N–H and O–H groups in total. The molecule has 25 heavy (non-hydrogen) atoms. The topological polar surface area (TPSA) is 72.6 Å². The van der Waals surface area contributed by atoms with E-state index in [0.717, 1.165) is 68.5 Å². The molecule has 7 nitrogen and oxygen atoms in total. The Kier molecular flexibility index (Phi) is 4.59. The molecule has 0 radical (unpaired) electrons. The highest BCUT2D eigenvalue weighted by atomic mass is 16.5. The van der Waals surface area contributed by atoms with Crippen LogP contribution in [-0.2, 0) is 24.2 Å². The fourth-order valence-electron chi connectivity index (χ4n) is 3.69. The molecule has 4 rings (SSSR count). The molecule has 0 amide bonds. The van der Waals surface area contributed by atoms with Gasteiger partial charge in [0.1, 0.15) is 23.4 Å². The number of ether oxygens (including phenoxy) is 2. The Bertz CT molecular complexity index is 740. The van der Waals surface area contributed by atoms with E-state index in [4.69, 9.17) is 9.47 Å². The molecule has 2 aliphatic rings. The van der Waals surface area contributed by atoms with Crippen LogP contribution in [0.4, 0.5) is 0 Å². The van der Waals surface area contributed by atoms with Gasteiger partial charge in [0.15, 0.2) is 5.82 Å². The molecule has 7 heteroatoms. The zero-order valence-electron chi connectivity index (χ0n) is 14.5. The van der Waals surface area contributed by atoms with Gasteiger partial charge in [0.2, 0.25) is 0 Å². The summed E-state index contributed by atoms with van der Waals surface area (Å²) in [4.78, 5) is 2.32. The third-order valence-electron chi connectivity index (χ3n) is 5.08. The molecule has 1 atom stereocenters. The van der Waals surface area contributed by atoms with Crippen molar-refractivity contribution in [3.8, 4) is 11.5 Å². The summed E-state index contributed by atoms with van der Waals surface area (Å²) in [5, 5.41) is 19.0. The lowest BCUT2D eigenvalue weighted by atomic mass is 10.1. The Morgan fingerprint density at radius 2 is 2.20 bits per heavy atom. The summed E-state index contributed by atoms with van der Waals surface area (Å²) in [5.41, 5.74) is 0.835. The van der Waals surface area contributed by atoms with Gasteiger partial charge in [0.05, 0.1) is 7.11 Å². The molecule has 2 aromatic rings. The van der Waals surface area contributed by atoms with Crippen LogP contribution in [0.15, 0.2) is 18.2 Å². The first-order valence-electron chi connectivity index (χ1n) is 8.87. The molecule has 1 aromatic carbocycles. The molecule has 0 bridgehead atoms. The largest absolute Gasteiger partial charge is 0.507 e. The Morgan fingerprint density at radius 1 is 1.28 bits per heavy atom. The second-order valence-corrected chi connectivity index (χ2v) is 6.61. The predicted octanol–water partition coefficient (Wildman–Crippen LogP) is 1.90. The highest BCUT2D eigenvalue weighted by Gasteiger charge is 2.27. The van der Waals surface area contributed by atoms with E-state index in [1.807, 2.05) is 6.07 Å². The van der Waals surface area contributed by atoms with Gasteiger partial charge in [-0.2, -0.15) is 0 Å². The number of phenolic OH excluding ortho intramolecular Hbond substituents is 1. The van der Waals surface area contributed by atoms with E-state index < -0.39 is 0 Å². The smallest absolute Gasteiger partial charge is 0.162 e. The molecule has 0 spiro atoms. The van der Waals surface area contributed by atoms with Crippen molar-refractivity contribution in [2.24, 2.45) is 0 Å². The second kappa shape index (κ2) is 7.01. The number of aromatic nitrogens is 3. The number of benzene rings is 1. The van der Waals surface area contributed by atoms with Crippen molar-refractivity contribution in [3.05, 3.63) is 35.4 Å². The van der Waals surface area contributed by atoms with Crippen LogP contribution in [0.5, 0.6) is 11.5 Å². The molecule has 0 saturated carbocycles. The molecule has 0 aliphatic carbocycles. The van der Waals surface area contributed by atoms with Gasteiger partial charge >= 0.3 is 0 Å². The highest BCUT2D eigenvalue weighted by molar-refractivity contribution is 5.43. The summed E-state index contributed by atoms with van der Waals surface area (Å²) < 4.78 is 13.4. The van der Waals surface area contributed by atoms with Crippen molar-refractivity contribution in [2.45, 2.75) is 38.5 Å². The fraction of sp³-hybridized carbons (Fsp3) is 0.556. The number of hydrogen-bond donors (Lipinski definition) is 1. The van der Waals surface area contributed by atoms with Gasteiger partial charge in [0.25, 0.3) is 0 Å². The van der Waals surface area contributed by atoms with Crippen molar-refractivity contribution in [1.29, 1.82) is 0 Å². The van der Waals surface area contributed by atoms with Gasteiger partial charge < -0.3 is 19.1 Å². The van der Waals surface area contributed by atoms with Crippen LogP contribution in [0.3, 0.4) is 0 Å². The van der Waals surface area contributed by atoms with Crippen molar-refractivity contribution < 1.29 is 14.6 Å². The van der Waals surface area contributed by atoms with Crippen LogP contribution in [0.1, 0.15) is 36.2 Å². The predicted molar refractivity (Wildman–Crippen MR) is 91.6 cm³/mol. The molecule has 1 fully saturated rings. The maximum absolute atomic E-state index is 10.2. The van der Waals surface area contributed by atoms with E-state index in [2.05, 4.69) is 19.7 Å². The first-order valence-corrected chi connectivity index (χ1v) is 8.87. The first-order chi connectivity index (χ1) is 12.3. The Hall–Kier alpha value is -2.12. The van der Waals surface area contributed by atoms with Crippen LogP contribution in [-0.4, -0.2) is 51.6 Å². The number of methoxy groups -OCH3 is 1. The van der Waals surface area contributed by atoms with Gasteiger partial charge in [-0.1, -0.05) is 6.07 Å². The van der Waals surface area contributed by atoms with E-state index >= 15 is 0 Å². The van der Waals surface area contributed by atoms with Gasteiger partial charge in [-0.3, -0.25) is 4.90 Å². The standard InChI is InChI=1S/C18H24N4O3/c1-24-15-5-2-4-14(23)13(15)12-21-8-7-17-19-20-18(22(17)10-9-21)16-6-3-11-25-16/h2,4-5,16,23H,3,6-12H2,1H3. The second-order valence-electron chi connectivity index (χ2n) is 6.61. The summed E-state index contributed by atoms with van der Waals surface area (Å²) in [6.45, 7) is 4.06. The van der Waals surface area contributed by atoms with Crippen LogP contribution in [0.2, 0.25) is 0 Å². The van der Waals surface area contributed by atoms with Crippen molar-refractivity contribution >= 4 is 0 Å². The third-order valence-corrected chi connectivity index (χ3v) is 5.08. The molecular weight excluding hydrogens is 320 g/mol. The van der Waals surface area contributed by atoms with Crippen molar-refractivity contribution in [2.75, 3.05) is 26.8 Å². The van der Waals surface area contributed by atoms with Crippen LogP contribution >= 0.6 is 0 Å². The molecule has 1 saturated heterocycles. The maximum Gasteiger partial charge on any atom is 0.162 e. The van der Waals surface area contributed by atoms with Crippen molar-refractivity contribution in [1.82, 2.24) is 19.7 Å². The number of phenols is 1. The van der Waals surface area contributed by atoms with E-state index in [1.165, 1.54) is 0 Å². The maximum atomic E-state index is 10.2. The minimum atomic E-state index is 0.0889. The number of rotatable bonds is 4. The number of nitrogens with zero attached hydrogens (tertiary/aromatic N) is 4. The number of aromatic hydroxyl groups is 1. The minimum Gasteiger partial charge on any atom is -0.507 e. The van der Waals surface area contributed by atoms with Crippen LogP contribution < -0.4 is 4.74 Å². The Balaban J connectivity index is 1.49. The molecule has 134 valence electrons. The third kappa shape index (κ3) is 3.21. The van der Waals surface area contributed by atoms with E-state index in [-0.39, 0.29) is 11.9 Å². The van der Waals surface area contributed by atoms with Gasteiger partial charge in [-0.15, -0.1) is 10.2 Å². The molecular formula is C18H24N4O3. The molecule has 2 aliphatic heterocycles. The SMILES string of the molecule is COc1cccc(O)c1CN1CCc2nnc(C3CCCO3)n2CC1. The van der Waals surface area contributed by atoms with E-state index in [9.17, 15) is 5.11 Å². The molecule has 3 heterocycles. The van der Waals surface area contributed by atoms with Gasteiger partial charge in [0, 0.05) is 44.8 Å².